The van der Waals surface area contributed by atoms with Crippen LogP contribution in [0.5, 0.6) is 0 Å². The van der Waals surface area contributed by atoms with Crippen molar-refractivity contribution >= 4 is 23.2 Å². The molecule has 5 N–H and O–H groups in total. The van der Waals surface area contributed by atoms with Crippen LogP contribution in [0.1, 0.15) is 25.3 Å². The first kappa shape index (κ1) is 16.7. The van der Waals surface area contributed by atoms with Crippen molar-refractivity contribution in [3.63, 3.8) is 0 Å². The topological polar surface area (TPSA) is 101 Å². The number of hydrogen-bond acceptors (Lipinski definition) is 2. The zero-order valence-corrected chi connectivity index (χ0v) is 11.4. The van der Waals surface area contributed by atoms with E-state index in [0.29, 0.717) is 12.8 Å². The number of nitrogens with two attached hydrogens (primary N) is 2. The third-order valence-corrected chi connectivity index (χ3v) is 2.46. The summed E-state index contributed by atoms with van der Waals surface area (Å²) in [5.74, 6) is -0.480. The molecule has 0 saturated carbocycles. The van der Waals surface area contributed by atoms with Crippen molar-refractivity contribution in [2.24, 2.45) is 21.5 Å². The van der Waals surface area contributed by atoms with Gasteiger partial charge in [-0.2, -0.15) is 13.2 Å². The molecule has 0 radical (unpaired) electrons. The average Bonchev–Trinajstić information content (AvgIpc) is 2.37. The van der Waals surface area contributed by atoms with Crippen molar-refractivity contribution in [3.8, 4) is 0 Å². The number of nitrogens with one attached hydrogen (secondary N) is 1. The first-order valence-corrected chi connectivity index (χ1v) is 6.17. The Hall–Kier alpha value is -2.38. The van der Waals surface area contributed by atoms with E-state index in [1.165, 1.54) is 12.1 Å². The molecule has 1 aromatic rings. The molecule has 0 atom stereocenters. The standard InChI is InChI=1S/C13H16F3N5/c1-2-4-10(11(17)18)21-12(19)20-9-6-3-5-8(7-9)13(14,15)16/h3,5-7H,2,4H2,1H3,(H3,17,18)(H2,19,20). The predicted octanol–water partition coefficient (Wildman–Crippen LogP) is 2.83. The first-order valence-electron chi connectivity index (χ1n) is 6.17. The van der Waals surface area contributed by atoms with E-state index in [9.17, 15) is 13.2 Å². The second kappa shape index (κ2) is 6.87. The maximum atomic E-state index is 12.6. The fourth-order valence-electron chi connectivity index (χ4n) is 1.53. The fourth-order valence-corrected chi connectivity index (χ4v) is 1.53. The second-order valence-electron chi connectivity index (χ2n) is 4.24. The quantitative estimate of drug-likeness (QED) is 0.588. The zero-order valence-electron chi connectivity index (χ0n) is 11.4. The van der Waals surface area contributed by atoms with Crippen molar-refractivity contribution in [2.75, 3.05) is 0 Å². The molecule has 1 aromatic carbocycles. The summed E-state index contributed by atoms with van der Waals surface area (Å²) in [5.41, 5.74) is 10.4. The van der Waals surface area contributed by atoms with Crippen LogP contribution >= 0.6 is 0 Å². The summed E-state index contributed by atoms with van der Waals surface area (Å²) in [6.45, 7) is 1.87. The Bertz CT molecular complexity index is 575. The molecule has 0 saturated heterocycles. The van der Waals surface area contributed by atoms with E-state index in [1.54, 1.807) is 0 Å². The molecular weight excluding hydrogens is 283 g/mol. The van der Waals surface area contributed by atoms with Gasteiger partial charge in [0.1, 0.15) is 5.84 Å². The summed E-state index contributed by atoms with van der Waals surface area (Å²) in [7, 11) is 0. The van der Waals surface area contributed by atoms with Crippen LogP contribution in [0, 0.1) is 5.41 Å². The lowest BCUT2D eigenvalue weighted by Crippen LogP contribution is -2.25. The molecule has 0 spiro atoms. The van der Waals surface area contributed by atoms with Crippen molar-refractivity contribution in [2.45, 2.75) is 25.9 Å². The van der Waals surface area contributed by atoms with E-state index in [4.69, 9.17) is 16.9 Å². The molecule has 114 valence electrons. The summed E-state index contributed by atoms with van der Waals surface area (Å²) >= 11 is 0. The van der Waals surface area contributed by atoms with Gasteiger partial charge in [-0.3, -0.25) is 5.41 Å². The number of halogens is 3. The third kappa shape index (κ3) is 5.25. The Morgan fingerprint density at radius 3 is 2.48 bits per heavy atom. The van der Waals surface area contributed by atoms with Crippen molar-refractivity contribution in [1.82, 2.24) is 0 Å². The number of aliphatic imine (C=N–C) groups is 2. The second-order valence-corrected chi connectivity index (χ2v) is 4.24. The summed E-state index contributed by atoms with van der Waals surface area (Å²) < 4.78 is 37.7. The van der Waals surface area contributed by atoms with Gasteiger partial charge in [0.25, 0.3) is 0 Å². The van der Waals surface area contributed by atoms with Crippen molar-refractivity contribution < 1.29 is 13.2 Å². The Balaban J connectivity index is 3.07. The maximum absolute atomic E-state index is 12.6. The third-order valence-electron chi connectivity index (χ3n) is 2.46. The first-order chi connectivity index (χ1) is 9.74. The molecule has 0 bridgehead atoms. The molecule has 0 amide bonds. The number of benzene rings is 1. The number of rotatable bonds is 4. The van der Waals surface area contributed by atoms with Crippen molar-refractivity contribution in [3.05, 3.63) is 29.8 Å². The SMILES string of the molecule is CCCC(=NC(N)=Nc1cccc(C(F)(F)F)c1)C(=N)N. The van der Waals surface area contributed by atoms with Gasteiger partial charge in [0, 0.05) is 0 Å². The van der Waals surface area contributed by atoms with Crippen LogP contribution in [0.3, 0.4) is 0 Å². The van der Waals surface area contributed by atoms with Gasteiger partial charge in [-0.05, 0) is 24.6 Å². The van der Waals surface area contributed by atoms with Crippen LogP contribution in [0.15, 0.2) is 34.3 Å². The molecule has 0 aromatic heterocycles. The van der Waals surface area contributed by atoms with E-state index >= 15 is 0 Å². The minimum absolute atomic E-state index is 0.0328. The largest absolute Gasteiger partial charge is 0.416 e. The van der Waals surface area contributed by atoms with Crippen LogP contribution < -0.4 is 11.5 Å². The minimum Gasteiger partial charge on any atom is -0.383 e. The number of alkyl halides is 3. The van der Waals surface area contributed by atoms with Gasteiger partial charge < -0.3 is 11.5 Å². The molecule has 0 fully saturated rings. The monoisotopic (exact) mass is 299 g/mol. The fraction of sp³-hybridized carbons (Fsp3) is 0.308. The van der Waals surface area contributed by atoms with E-state index in [-0.39, 0.29) is 23.2 Å². The van der Waals surface area contributed by atoms with Crippen LogP contribution in [-0.4, -0.2) is 17.5 Å². The lowest BCUT2D eigenvalue weighted by atomic mass is 10.2. The zero-order chi connectivity index (χ0) is 16.0. The minimum atomic E-state index is -4.45. The maximum Gasteiger partial charge on any atom is 0.416 e. The Labute approximate surface area is 120 Å². The van der Waals surface area contributed by atoms with E-state index in [0.717, 1.165) is 12.1 Å². The number of guanidine groups is 1. The van der Waals surface area contributed by atoms with Gasteiger partial charge in [0.15, 0.2) is 0 Å². The molecule has 8 heteroatoms. The average molecular weight is 299 g/mol. The predicted molar refractivity (Wildman–Crippen MR) is 77.0 cm³/mol. The summed E-state index contributed by atoms with van der Waals surface area (Å²) in [5, 5.41) is 7.33. The van der Waals surface area contributed by atoms with Gasteiger partial charge in [0.2, 0.25) is 5.96 Å². The highest BCUT2D eigenvalue weighted by molar-refractivity contribution is 6.41. The molecule has 21 heavy (non-hydrogen) atoms. The Kier molecular flexibility index (Phi) is 5.45. The van der Waals surface area contributed by atoms with E-state index < -0.39 is 11.7 Å². The molecule has 0 heterocycles. The lowest BCUT2D eigenvalue weighted by Gasteiger charge is -2.07. The Morgan fingerprint density at radius 2 is 1.95 bits per heavy atom. The van der Waals surface area contributed by atoms with E-state index in [2.05, 4.69) is 9.98 Å². The van der Waals surface area contributed by atoms with Gasteiger partial charge in [-0.1, -0.05) is 19.4 Å². The summed E-state index contributed by atoms with van der Waals surface area (Å²) in [4.78, 5) is 7.66. The lowest BCUT2D eigenvalue weighted by molar-refractivity contribution is -0.137. The van der Waals surface area contributed by atoms with Crippen LogP contribution in [0.4, 0.5) is 18.9 Å². The highest BCUT2D eigenvalue weighted by atomic mass is 19.4. The van der Waals surface area contributed by atoms with Gasteiger partial charge in [0.05, 0.1) is 17.0 Å². The highest BCUT2D eigenvalue weighted by Gasteiger charge is 2.30. The normalized spacial score (nSPS) is 13.3. The molecular formula is C13H16F3N5. The smallest absolute Gasteiger partial charge is 0.383 e. The number of amidine groups is 1. The number of hydrogen-bond donors (Lipinski definition) is 3. The highest BCUT2D eigenvalue weighted by Crippen LogP contribution is 2.31. The summed E-state index contributed by atoms with van der Waals surface area (Å²) in [6.07, 6.45) is -3.31. The van der Waals surface area contributed by atoms with Crippen LogP contribution in [-0.2, 0) is 6.18 Å². The van der Waals surface area contributed by atoms with Gasteiger partial charge in [-0.15, -0.1) is 0 Å². The molecule has 0 aliphatic heterocycles. The van der Waals surface area contributed by atoms with Crippen LogP contribution in [0.25, 0.3) is 0 Å². The number of nitrogens with zero attached hydrogens (tertiary/aromatic N) is 2. The summed E-state index contributed by atoms with van der Waals surface area (Å²) in [6, 6.07) is 4.42. The van der Waals surface area contributed by atoms with E-state index in [1.807, 2.05) is 6.92 Å². The molecule has 0 aliphatic carbocycles. The molecule has 1 rings (SSSR count). The van der Waals surface area contributed by atoms with Crippen LogP contribution in [0.2, 0.25) is 0 Å². The molecule has 0 aliphatic rings. The van der Waals surface area contributed by atoms with Gasteiger partial charge in [-0.25, -0.2) is 9.98 Å². The van der Waals surface area contributed by atoms with Gasteiger partial charge >= 0.3 is 6.18 Å². The Morgan fingerprint density at radius 1 is 1.29 bits per heavy atom. The van der Waals surface area contributed by atoms with Crippen molar-refractivity contribution in [1.29, 1.82) is 5.41 Å². The molecule has 0 unspecified atom stereocenters. The molecule has 5 nitrogen and oxygen atoms in total.